The van der Waals surface area contributed by atoms with E-state index in [-0.39, 0.29) is 11.9 Å². The Hall–Kier alpha value is -4.44. The van der Waals surface area contributed by atoms with Crippen molar-refractivity contribution >= 4 is 34.5 Å². The van der Waals surface area contributed by atoms with Crippen LogP contribution in [0.1, 0.15) is 24.5 Å². The van der Waals surface area contributed by atoms with Crippen LogP contribution in [0, 0.1) is 0 Å². The first-order valence-electron chi connectivity index (χ1n) is 11.4. The molecule has 0 unspecified atom stereocenters. The van der Waals surface area contributed by atoms with E-state index in [4.69, 9.17) is 5.84 Å². The van der Waals surface area contributed by atoms with Crippen LogP contribution >= 0.6 is 0 Å². The summed E-state index contributed by atoms with van der Waals surface area (Å²) in [6.07, 6.45) is 5.91. The first-order valence-corrected chi connectivity index (χ1v) is 11.4. The van der Waals surface area contributed by atoms with Gasteiger partial charge in [0.15, 0.2) is 0 Å². The molecule has 3 amide bonds. The predicted octanol–water partition coefficient (Wildman–Crippen LogP) is 2.97. The van der Waals surface area contributed by atoms with Crippen LogP contribution in [-0.2, 0) is 11.3 Å². The number of hydrogen-bond donors (Lipinski definition) is 3. The molecule has 10 heteroatoms. The molecule has 35 heavy (non-hydrogen) atoms. The smallest absolute Gasteiger partial charge is 0.337 e. The Morgan fingerprint density at radius 3 is 2.77 bits per heavy atom. The lowest BCUT2D eigenvalue weighted by atomic mass is 9.97. The SMILES string of the molecule is CCNC(=O)N(N)c1nc2c(-n3cccn3)cc(C3=CC(=O)N(Cc4ccccc4)CC3)cc2[nH]1. The Morgan fingerprint density at radius 1 is 1.23 bits per heavy atom. The van der Waals surface area contributed by atoms with Crippen molar-refractivity contribution in [1.82, 2.24) is 30.0 Å². The van der Waals surface area contributed by atoms with E-state index >= 15 is 0 Å². The maximum absolute atomic E-state index is 12.9. The topological polar surface area (TPSA) is 125 Å². The monoisotopic (exact) mass is 470 g/mol. The molecular formula is C25H26N8O2. The third-order valence-electron chi connectivity index (χ3n) is 5.93. The van der Waals surface area contributed by atoms with E-state index in [1.54, 1.807) is 17.0 Å². The highest BCUT2D eigenvalue weighted by Gasteiger charge is 2.22. The van der Waals surface area contributed by atoms with Gasteiger partial charge in [0.2, 0.25) is 11.9 Å². The number of anilines is 1. The summed E-state index contributed by atoms with van der Waals surface area (Å²) in [5.41, 5.74) is 4.92. The Balaban J connectivity index is 1.50. The van der Waals surface area contributed by atoms with E-state index < -0.39 is 6.03 Å². The second kappa shape index (κ2) is 9.43. The number of carbonyl (C=O) groups excluding carboxylic acids is 2. The maximum Gasteiger partial charge on any atom is 0.338 e. The molecule has 0 fully saturated rings. The number of nitrogens with one attached hydrogen (secondary N) is 2. The van der Waals surface area contributed by atoms with Crippen LogP contribution in [0.3, 0.4) is 0 Å². The fraction of sp³-hybridized carbons (Fsp3) is 0.200. The number of urea groups is 1. The van der Waals surface area contributed by atoms with E-state index in [1.165, 1.54) is 0 Å². The van der Waals surface area contributed by atoms with Gasteiger partial charge in [-0.2, -0.15) is 10.1 Å². The van der Waals surface area contributed by atoms with Gasteiger partial charge in [-0.3, -0.25) is 4.79 Å². The van der Waals surface area contributed by atoms with Crippen LogP contribution in [0.2, 0.25) is 0 Å². The molecular weight excluding hydrogens is 444 g/mol. The van der Waals surface area contributed by atoms with Gasteiger partial charge in [-0.15, -0.1) is 0 Å². The minimum atomic E-state index is -0.466. The number of nitrogens with two attached hydrogens (primary N) is 1. The van der Waals surface area contributed by atoms with Crippen molar-refractivity contribution < 1.29 is 9.59 Å². The molecule has 0 saturated heterocycles. The number of imidazole rings is 1. The van der Waals surface area contributed by atoms with Crippen LogP contribution in [-0.4, -0.2) is 49.7 Å². The number of aromatic nitrogens is 4. The number of aromatic amines is 1. The summed E-state index contributed by atoms with van der Waals surface area (Å²) in [6.45, 7) is 3.46. The van der Waals surface area contributed by atoms with E-state index in [0.717, 1.165) is 27.4 Å². The molecule has 5 rings (SSSR count). The number of H-pyrrole nitrogens is 1. The zero-order valence-corrected chi connectivity index (χ0v) is 19.3. The summed E-state index contributed by atoms with van der Waals surface area (Å²) < 4.78 is 1.70. The molecule has 2 aromatic heterocycles. The van der Waals surface area contributed by atoms with Crippen molar-refractivity contribution in [2.45, 2.75) is 19.9 Å². The number of rotatable bonds is 6. The van der Waals surface area contributed by atoms with Crippen LogP contribution in [0.5, 0.6) is 0 Å². The van der Waals surface area contributed by atoms with Crippen molar-refractivity contribution in [2.24, 2.45) is 5.84 Å². The first kappa shape index (κ1) is 22.4. The molecule has 4 N–H and O–H groups in total. The highest BCUT2D eigenvalue weighted by Crippen LogP contribution is 2.31. The minimum absolute atomic E-state index is 0.0227. The number of hydrogen-bond acceptors (Lipinski definition) is 5. The predicted molar refractivity (Wildman–Crippen MR) is 133 cm³/mol. The van der Waals surface area contributed by atoms with Crippen LogP contribution in [0.15, 0.2) is 67.0 Å². The lowest BCUT2D eigenvalue weighted by Crippen LogP contribution is -2.45. The number of benzene rings is 2. The lowest BCUT2D eigenvalue weighted by molar-refractivity contribution is -0.126. The molecule has 0 saturated carbocycles. The maximum atomic E-state index is 12.9. The summed E-state index contributed by atoms with van der Waals surface area (Å²) >= 11 is 0. The van der Waals surface area contributed by atoms with Gasteiger partial charge >= 0.3 is 6.03 Å². The molecule has 0 radical (unpaired) electrons. The Kier molecular flexibility index (Phi) is 6.02. The summed E-state index contributed by atoms with van der Waals surface area (Å²) in [4.78, 5) is 34.7. The summed E-state index contributed by atoms with van der Waals surface area (Å²) in [5, 5.41) is 7.96. The lowest BCUT2D eigenvalue weighted by Gasteiger charge is -2.27. The fourth-order valence-corrected chi connectivity index (χ4v) is 4.17. The van der Waals surface area contributed by atoms with Gasteiger partial charge in [-0.25, -0.2) is 20.3 Å². The second-order valence-corrected chi connectivity index (χ2v) is 8.27. The molecule has 0 spiro atoms. The summed E-state index contributed by atoms with van der Waals surface area (Å²) in [7, 11) is 0. The van der Waals surface area contributed by atoms with Gasteiger partial charge in [0.1, 0.15) is 5.52 Å². The molecule has 10 nitrogen and oxygen atoms in total. The molecule has 0 atom stereocenters. The van der Waals surface area contributed by atoms with Crippen molar-refractivity contribution in [3.63, 3.8) is 0 Å². The molecule has 1 aliphatic heterocycles. The van der Waals surface area contributed by atoms with Gasteiger partial charge in [0, 0.05) is 38.1 Å². The van der Waals surface area contributed by atoms with Crippen molar-refractivity contribution in [3.05, 3.63) is 78.1 Å². The Morgan fingerprint density at radius 2 is 2.06 bits per heavy atom. The quantitative estimate of drug-likeness (QED) is 0.227. The van der Waals surface area contributed by atoms with Gasteiger partial charge in [0.25, 0.3) is 0 Å². The van der Waals surface area contributed by atoms with Gasteiger partial charge in [0.05, 0.1) is 11.2 Å². The Bertz CT molecular complexity index is 1390. The normalized spacial score (nSPS) is 13.7. The summed E-state index contributed by atoms with van der Waals surface area (Å²) in [5.74, 6) is 6.16. The van der Waals surface area contributed by atoms with Crippen molar-refractivity contribution in [3.8, 4) is 5.69 Å². The number of nitrogens with zero attached hydrogens (tertiary/aromatic N) is 5. The third-order valence-corrected chi connectivity index (χ3v) is 5.93. The average molecular weight is 471 g/mol. The first-order chi connectivity index (χ1) is 17.0. The highest BCUT2D eigenvalue weighted by molar-refractivity contribution is 5.99. The molecule has 3 heterocycles. The molecule has 0 aliphatic carbocycles. The van der Waals surface area contributed by atoms with Gasteiger partial charge < -0.3 is 15.2 Å². The zero-order chi connectivity index (χ0) is 24.4. The number of hydrazine groups is 1. The van der Waals surface area contributed by atoms with E-state index in [2.05, 4.69) is 20.4 Å². The molecule has 4 aromatic rings. The third kappa shape index (κ3) is 4.51. The van der Waals surface area contributed by atoms with E-state index in [0.29, 0.717) is 37.1 Å². The number of fused-ring (bicyclic) bond motifs is 1. The van der Waals surface area contributed by atoms with Crippen molar-refractivity contribution in [2.75, 3.05) is 18.1 Å². The fourth-order valence-electron chi connectivity index (χ4n) is 4.17. The average Bonchev–Trinajstić information content (AvgIpc) is 3.55. The van der Waals surface area contributed by atoms with Crippen molar-refractivity contribution in [1.29, 1.82) is 0 Å². The zero-order valence-electron chi connectivity index (χ0n) is 19.3. The van der Waals surface area contributed by atoms with E-state index in [9.17, 15) is 9.59 Å². The largest absolute Gasteiger partial charge is 0.338 e. The Labute approximate surface area is 202 Å². The molecule has 0 bridgehead atoms. The highest BCUT2D eigenvalue weighted by atomic mass is 16.2. The number of carbonyl (C=O) groups is 2. The van der Waals surface area contributed by atoms with Crippen LogP contribution in [0.4, 0.5) is 10.7 Å². The van der Waals surface area contributed by atoms with Gasteiger partial charge in [-0.1, -0.05) is 30.3 Å². The standard InChI is InChI=1S/C25H26N8O2/c1-2-27-25(35)33(26)24-29-20-13-19(14-21(23(20)30-24)32-11-6-10-28-32)18-9-12-31(22(34)15-18)16-17-7-4-3-5-8-17/h3-8,10-11,13-15H,2,9,12,16,26H2,1H3,(H,27,35)(H,29,30). The van der Waals surface area contributed by atoms with Crippen LogP contribution in [0.25, 0.3) is 22.3 Å². The van der Waals surface area contributed by atoms with Crippen LogP contribution < -0.4 is 16.2 Å². The minimum Gasteiger partial charge on any atom is -0.337 e. The molecule has 178 valence electrons. The summed E-state index contributed by atoms with van der Waals surface area (Å²) in [6, 6.07) is 15.2. The molecule has 1 aliphatic rings. The molecule has 2 aromatic carbocycles. The van der Waals surface area contributed by atoms with E-state index in [1.807, 2.05) is 66.6 Å². The second-order valence-electron chi connectivity index (χ2n) is 8.27. The van der Waals surface area contributed by atoms with Gasteiger partial charge in [-0.05, 0) is 48.2 Å². The number of amides is 3.